The summed E-state index contributed by atoms with van der Waals surface area (Å²) in [5.41, 5.74) is 6.11. The molecule has 1 aromatic carbocycles. The second-order valence-corrected chi connectivity index (χ2v) is 7.27. The molecule has 3 heterocycles. The fourth-order valence-corrected chi connectivity index (χ4v) is 3.79. The average molecular weight is 427 g/mol. The zero-order chi connectivity index (χ0) is 22.1. The number of rotatable bonds is 4. The lowest BCUT2D eigenvalue weighted by atomic mass is 10.0. The number of para-hydroxylation sites is 1. The highest BCUT2D eigenvalue weighted by molar-refractivity contribution is 6.05. The molecular formula is C21H19F2N5O3. The van der Waals surface area contributed by atoms with Gasteiger partial charge in [0.1, 0.15) is 12.0 Å². The first-order chi connectivity index (χ1) is 14.8. The minimum Gasteiger partial charge on any atom is -0.351 e. The molecule has 1 aliphatic heterocycles. The van der Waals surface area contributed by atoms with E-state index in [0.717, 1.165) is 4.90 Å². The topological polar surface area (TPSA) is 110 Å². The lowest BCUT2D eigenvalue weighted by molar-refractivity contribution is -0.122. The van der Waals surface area contributed by atoms with E-state index in [0.29, 0.717) is 16.6 Å². The Bertz CT molecular complexity index is 1180. The van der Waals surface area contributed by atoms with E-state index in [1.54, 1.807) is 24.3 Å². The van der Waals surface area contributed by atoms with Gasteiger partial charge < -0.3 is 16.0 Å². The second kappa shape index (κ2) is 8.13. The van der Waals surface area contributed by atoms with Crippen LogP contribution in [0.5, 0.6) is 0 Å². The molecule has 0 aliphatic carbocycles. The van der Waals surface area contributed by atoms with Gasteiger partial charge in [0.2, 0.25) is 0 Å². The average Bonchev–Trinajstić information content (AvgIpc) is 3.31. The number of carbonyl (C=O) groups excluding carboxylic acids is 3. The molecule has 0 bridgehead atoms. The van der Waals surface area contributed by atoms with Gasteiger partial charge in [-0.15, -0.1) is 0 Å². The normalized spacial score (nSPS) is 18.3. The van der Waals surface area contributed by atoms with Crippen molar-refractivity contribution < 1.29 is 23.2 Å². The number of urea groups is 1. The van der Waals surface area contributed by atoms with Crippen molar-refractivity contribution in [1.29, 1.82) is 0 Å². The number of nitrogens with one attached hydrogen (secondary N) is 1. The largest absolute Gasteiger partial charge is 0.351 e. The molecule has 0 spiro atoms. The second-order valence-electron chi connectivity index (χ2n) is 7.27. The summed E-state index contributed by atoms with van der Waals surface area (Å²) < 4.78 is 29.2. The predicted molar refractivity (Wildman–Crippen MR) is 109 cm³/mol. The quantitative estimate of drug-likeness (QED) is 0.667. The number of amides is 3. The van der Waals surface area contributed by atoms with E-state index in [2.05, 4.69) is 10.3 Å². The zero-order valence-electron chi connectivity index (χ0n) is 16.3. The monoisotopic (exact) mass is 427 g/mol. The van der Waals surface area contributed by atoms with E-state index in [9.17, 15) is 23.2 Å². The number of carbonyl (C=O) groups is 3. The molecule has 2 atom stereocenters. The van der Waals surface area contributed by atoms with Gasteiger partial charge in [-0.1, -0.05) is 18.2 Å². The number of alkyl halides is 1. The van der Waals surface area contributed by atoms with Crippen molar-refractivity contribution in [3.05, 3.63) is 60.3 Å². The van der Waals surface area contributed by atoms with Crippen molar-refractivity contribution in [1.82, 2.24) is 14.5 Å². The number of hydrogen-bond donors (Lipinski definition) is 2. The minimum absolute atomic E-state index is 0.0558. The van der Waals surface area contributed by atoms with Gasteiger partial charge in [-0.05, 0) is 18.2 Å². The number of ketones is 1. The molecule has 0 radical (unpaired) electrons. The molecule has 31 heavy (non-hydrogen) atoms. The maximum atomic E-state index is 14.1. The number of likely N-dealkylation sites (tertiary alicyclic amines) is 1. The first-order valence-electron chi connectivity index (χ1n) is 9.59. The summed E-state index contributed by atoms with van der Waals surface area (Å²) in [5, 5.41) is 3.19. The summed E-state index contributed by atoms with van der Waals surface area (Å²) in [4.78, 5) is 42.2. The molecule has 1 aliphatic rings. The number of fused-ring (bicyclic) bond motifs is 1. The smallest absolute Gasteiger partial charge is 0.323 e. The number of anilines is 1. The Hall–Kier alpha value is -3.82. The third-order valence-electron chi connectivity index (χ3n) is 5.25. The maximum absolute atomic E-state index is 14.1. The predicted octanol–water partition coefficient (Wildman–Crippen LogP) is 2.86. The number of Topliss-reactive ketones (excluding diaryl/α,β-unsaturated/α-hetero) is 1. The first kappa shape index (κ1) is 20.5. The van der Waals surface area contributed by atoms with Crippen molar-refractivity contribution in [2.75, 3.05) is 11.9 Å². The molecule has 3 N–H and O–H groups in total. The van der Waals surface area contributed by atoms with Crippen LogP contribution < -0.4 is 11.1 Å². The van der Waals surface area contributed by atoms with E-state index >= 15 is 0 Å². The molecule has 1 saturated heterocycles. The lowest BCUT2D eigenvalue weighted by Gasteiger charge is -2.23. The number of hydrogen-bond acceptors (Lipinski definition) is 4. The third kappa shape index (κ3) is 3.96. The first-order valence-corrected chi connectivity index (χ1v) is 9.59. The Morgan fingerprint density at radius 2 is 1.97 bits per heavy atom. The Balaban J connectivity index is 1.56. The number of nitrogens with two attached hydrogens (primary N) is 1. The SMILES string of the molecule is NC(=O)n1cc(NC(=O)N2C[C@H](F)C[C@H]2C(=O)Cc2ncccc2F)c2ccccc21. The van der Waals surface area contributed by atoms with Crippen LogP contribution in [0, 0.1) is 5.82 Å². The van der Waals surface area contributed by atoms with Gasteiger partial charge in [0.05, 0.1) is 35.9 Å². The van der Waals surface area contributed by atoms with Crippen molar-refractivity contribution >= 4 is 34.4 Å². The summed E-state index contributed by atoms with van der Waals surface area (Å²) in [6.45, 7) is -0.276. The standard InChI is InChI=1S/C21H19F2N5O3/c22-12-8-18(19(29)9-15-14(23)5-3-7-25-15)28(10-12)21(31)26-16-11-27(20(24)30)17-6-2-1-4-13(16)17/h1-7,11-12,18H,8-10H2,(H2,24,30)(H,26,31)/t12-,18+/m1/s1. The number of halogens is 2. The molecule has 8 nitrogen and oxygen atoms in total. The van der Waals surface area contributed by atoms with Crippen LogP contribution in [0.25, 0.3) is 10.9 Å². The van der Waals surface area contributed by atoms with E-state index < -0.39 is 35.9 Å². The van der Waals surface area contributed by atoms with Crippen LogP contribution in [0.1, 0.15) is 12.1 Å². The molecule has 2 aromatic heterocycles. The van der Waals surface area contributed by atoms with Gasteiger partial charge in [-0.3, -0.25) is 14.3 Å². The number of pyridine rings is 1. The van der Waals surface area contributed by atoms with Crippen LogP contribution in [-0.2, 0) is 11.2 Å². The van der Waals surface area contributed by atoms with E-state index in [1.807, 2.05) is 0 Å². The number of primary amides is 1. The van der Waals surface area contributed by atoms with Gasteiger partial charge in [-0.2, -0.15) is 0 Å². The molecule has 1 fully saturated rings. The van der Waals surface area contributed by atoms with Crippen LogP contribution in [-0.4, -0.2) is 51.1 Å². The highest BCUT2D eigenvalue weighted by Crippen LogP contribution is 2.28. The number of nitrogens with zero attached hydrogens (tertiary/aromatic N) is 3. The molecule has 0 saturated carbocycles. The lowest BCUT2D eigenvalue weighted by Crippen LogP contribution is -2.43. The fraction of sp³-hybridized carbons (Fsp3) is 0.238. The molecule has 3 amide bonds. The van der Waals surface area contributed by atoms with Crippen LogP contribution in [0.2, 0.25) is 0 Å². The molecule has 4 rings (SSSR count). The van der Waals surface area contributed by atoms with Crippen LogP contribution >= 0.6 is 0 Å². The van der Waals surface area contributed by atoms with Crippen molar-refractivity contribution in [3.63, 3.8) is 0 Å². The van der Waals surface area contributed by atoms with Crippen LogP contribution in [0.15, 0.2) is 48.8 Å². The van der Waals surface area contributed by atoms with E-state index in [-0.39, 0.29) is 25.1 Å². The maximum Gasteiger partial charge on any atom is 0.323 e. The molecule has 10 heteroatoms. The summed E-state index contributed by atoms with van der Waals surface area (Å²) in [7, 11) is 0. The van der Waals surface area contributed by atoms with Gasteiger partial charge >= 0.3 is 12.1 Å². The summed E-state index contributed by atoms with van der Waals surface area (Å²) in [6, 6.07) is 6.90. The van der Waals surface area contributed by atoms with Crippen molar-refractivity contribution in [2.45, 2.75) is 25.1 Å². The minimum atomic E-state index is -1.39. The molecule has 160 valence electrons. The highest BCUT2D eigenvalue weighted by Gasteiger charge is 2.40. The van der Waals surface area contributed by atoms with Gasteiger partial charge in [0.15, 0.2) is 5.78 Å². The van der Waals surface area contributed by atoms with E-state index in [4.69, 9.17) is 5.73 Å². The van der Waals surface area contributed by atoms with Gasteiger partial charge in [0, 0.05) is 24.2 Å². The Labute approximate surface area is 175 Å². The molecule has 3 aromatic rings. The summed E-state index contributed by atoms with van der Waals surface area (Å²) in [5.74, 6) is -1.15. The third-order valence-corrected chi connectivity index (χ3v) is 5.25. The number of aromatic nitrogens is 2. The summed E-state index contributed by atoms with van der Waals surface area (Å²) in [6.07, 6.45) is 0.810. The number of benzene rings is 1. The Morgan fingerprint density at radius 1 is 1.19 bits per heavy atom. The highest BCUT2D eigenvalue weighted by atomic mass is 19.1. The van der Waals surface area contributed by atoms with E-state index in [1.165, 1.54) is 29.1 Å². The van der Waals surface area contributed by atoms with Crippen molar-refractivity contribution in [2.24, 2.45) is 5.73 Å². The van der Waals surface area contributed by atoms with Crippen molar-refractivity contribution in [3.8, 4) is 0 Å². The zero-order valence-corrected chi connectivity index (χ0v) is 16.3. The van der Waals surface area contributed by atoms with Crippen LogP contribution in [0.4, 0.5) is 24.1 Å². The van der Waals surface area contributed by atoms with Gasteiger partial charge in [0.25, 0.3) is 0 Å². The Kier molecular flexibility index (Phi) is 5.37. The van der Waals surface area contributed by atoms with Gasteiger partial charge in [-0.25, -0.2) is 18.4 Å². The van der Waals surface area contributed by atoms with Crippen LogP contribution in [0.3, 0.4) is 0 Å². The molecular weight excluding hydrogens is 408 g/mol. The fourth-order valence-electron chi connectivity index (χ4n) is 3.79. The Morgan fingerprint density at radius 3 is 2.71 bits per heavy atom. The molecule has 0 unspecified atom stereocenters. The summed E-state index contributed by atoms with van der Waals surface area (Å²) >= 11 is 0.